The first-order valence-electron chi connectivity index (χ1n) is 7.32. The molecule has 1 heterocycles. The van der Waals surface area contributed by atoms with Crippen LogP contribution in [0, 0.1) is 0 Å². The monoisotopic (exact) mass is 391 g/mol. The predicted octanol–water partition coefficient (Wildman–Crippen LogP) is 1.42. The van der Waals surface area contributed by atoms with Gasteiger partial charge in [0.25, 0.3) is 5.91 Å². The molecule has 1 fully saturated rings. The number of esters is 1. The Hall–Kier alpha value is -1.25. The van der Waals surface area contributed by atoms with E-state index in [-0.39, 0.29) is 17.3 Å². The molecular weight excluding hydrogens is 374 g/mol. The van der Waals surface area contributed by atoms with Gasteiger partial charge in [-0.15, -0.1) is 11.8 Å². The fourth-order valence-electron chi connectivity index (χ4n) is 2.23. The van der Waals surface area contributed by atoms with Gasteiger partial charge in [0.1, 0.15) is 0 Å². The zero-order valence-electron chi connectivity index (χ0n) is 12.9. The fourth-order valence-corrected chi connectivity index (χ4v) is 5.00. The van der Waals surface area contributed by atoms with Gasteiger partial charge in [-0.25, -0.2) is 8.42 Å². The van der Waals surface area contributed by atoms with Gasteiger partial charge in [0.05, 0.1) is 17.3 Å². The van der Waals surface area contributed by atoms with Crippen molar-refractivity contribution in [2.24, 2.45) is 0 Å². The summed E-state index contributed by atoms with van der Waals surface area (Å²) in [6, 6.07) is 6.97. The molecule has 0 unspecified atom stereocenters. The quantitative estimate of drug-likeness (QED) is 0.707. The molecule has 1 aromatic rings. The molecule has 132 valence electrons. The lowest BCUT2D eigenvalue weighted by Crippen LogP contribution is -2.38. The lowest BCUT2D eigenvalue weighted by molar-refractivity contribution is -0.146. The number of sulfone groups is 1. The first-order valence-corrected chi connectivity index (χ1v) is 10.7. The number of amides is 1. The van der Waals surface area contributed by atoms with Crippen LogP contribution in [0.3, 0.4) is 0 Å². The first-order chi connectivity index (χ1) is 11.4. The van der Waals surface area contributed by atoms with Crippen LogP contribution in [0.4, 0.5) is 0 Å². The highest BCUT2D eigenvalue weighted by Gasteiger charge is 2.28. The van der Waals surface area contributed by atoms with Gasteiger partial charge < -0.3 is 10.1 Å². The Morgan fingerprint density at radius 1 is 1.33 bits per heavy atom. The van der Waals surface area contributed by atoms with Crippen LogP contribution in [-0.4, -0.2) is 50.2 Å². The van der Waals surface area contributed by atoms with E-state index in [1.54, 1.807) is 6.07 Å². The third-order valence-electron chi connectivity index (χ3n) is 3.40. The van der Waals surface area contributed by atoms with E-state index >= 15 is 0 Å². The van der Waals surface area contributed by atoms with Gasteiger partial charge in [-0.3, -0.25) is 9.59 Å². The number of thioether (sulfide) groups is 1. The van der Waals surface area contributed by atoms with Crippen molar-refractivity contribution in [3.05, 3.63) is 34.9 Å². The van der Waals surface area contributed by atoms with Crippen LogP contribution in [0.1, 0.15) is 12.0 Å². The summed E-state index contributed by atoms with van der Waals surface area (Å²) in [6.45, 7) is -0.401. The second-order valence-corrected chi connectivity index (χ2v) is 9.03. The van der Waals surface area contributed by atoms with Crippen molar-refractivity contribution in [3.63, 3.8) is 0 Å². The molecule has 2 rings (SSSR count). The molecule has 0 radical (unpaired) electrons. The van der Waals surface area contributed by atoms with Crippen LogP contribution >= 0.6 is 23.4 Å². The Kier molecular flexibility index (Phi) is 6.94. The molecule has 0 aliphatic carbocycles. The summed E-state index contributed by atoms with van der Waals surface area (Å²) in [5, 5.41) is 3.20. The van der Waals surface area contributed by atoms with Crippen molar-refractivity contribution < 1.29 is 22.7 Å². The third kappa shape index (κ3) is 6.33. The van der Waals surface area contributed by atoms with Gasteiger partial charge in [-0.1, -0.05) is 29.8 Å². The Balaban J connectivity index is 1.62. The van der Waals surface area contributed by atoms with Crippen molar-refractivity contribution in [1.29, 1.82) is 0 Å². The Morgan fingerprint density at radius 2 is 2.08 bits per heavy atom. The summed E-state index contributed by atoms with van der Waals surface area (Å²) < 4.78 is 27.5. The molecule has 6 nitrogen and oxygen atoms in total. The minimum absolute atomic E-state index is 0.0552. The smallest absolute Gasteiger partial charge is 0.316 e. The van der Waals surface area contributed by atoms with E-state index in [2.05, 4.69) is 5.32 Å². The number of hydrogen-bond donors (Lipinski definition) is 1. The zero-order chi connectivity index (χ0) is 17.6. The van der Waals surface area contributed by atoms with E-state index in [9.17, 15) is 18.0 Å². The van der Waals surface area contributed by atoms with Crippen LogP contribution in [-0.2, 0) is 29.9 Å². The number of carbonyl (C=O) groups is 2. The van der Waals surface area contributed by atoms with E-state index in [4.69, 9.17) is 16.3 Å². The van der Waals surface area contributed by atoms with Crippen molar-refractivity contribution >= 4 is 45.1 Å². The molecule has 24 heavy (non-hydrogen) atoms. The third-order valence-corrected chi connectivity index (χ3v) is 6.49. The van der Waals surface area contributed by atoms with E-state index in [0.29, 0.717) is 17.2 Å². The van der Waals surface area contributed by atoms with Crippen molar-refractivity contribution in [1.82, 2.24) is 5.32 Å². The van der Waals surface area contributed by atoms with Gasteiger partial charge in [-0.05, 0) is 18.1 Å². The normalized spacial score (nSPS) is 19.0. The number of halogens is 1. The van der Waals surface area contributed by atoms with Crippen LogP contribution < -0.4 is 5.32 Å². The average Bonchev–Trinajstić information content (AvgIpc) is 2.86. The number of nitrogens with one attached hydrogen (secondary N) is 1. The molecule has 1 saturated heterocycles. The molecule has 1 atom stereocenters. The number of rotatable bonds is 7. The molecule has 0 bridgehead atoms. The highest BCUT2D eigenvalue weighted by molar-refractivity contribution is 7.99. The molecule has 1 N–H and O–H groups in total. The maximum atomic E-state index is 11.6. The van der Waals surface area contributed by atoms with E-state index < -0.39 is 34.4 Å². The molecule has 0 spiro atoms. The van der Waals surface area contributed by atoms with Crippen LogP contribution in [0.2, 0.25) is 5.02 Å². The van der Waals surface area contributed by atoms with E-state index in [1.807, 2.05) is 18.2 Å². The summed E-state index contributed by atoms with van der Waals surface area (Å²) in [6.07, 6.45) is 0.399. The van der Waals surface area contributed by atoms with Crippen LogP contribution in [0.15, 0.2) is 24.3 Å². The van der Waals surface area contributed by atoms with Gasteiger partial charge in [-0.2, -0.15) is 0 Å². The summed E-state index contributed by atoms with van der Waals surface area (Å²) in [4.78, 5) is 23.3. The van der Waals surface area contributed by atoms with E-state index in [0.717, 1.165) is 5.56 Å². The van der Waals surface area contributed by atoms with Crippen LogP contribution in [0.25, 0.3) is 0 Å². The van der Waals surface area contributed by atoms with E-state index in [1.165, 1.54) is 11.8 Å². The number of carbonyl (C=O) groups excluding carboxylic acids is 2. The number of benzene rings is 1. The predicted molar refractivity (Wildman–Crippen MR) is 93.8 cm³/mol. The molecule has 9 heteroatoms. The maximum Gasteiger partial charge on any atom is 0.316 e. The maximum absolute atomic E-state index is 11.6. The Bertz CT molecular complexity index is 708. The average molecular weight is 392 g/mol. The topological polar surface area (TPSA) is 89.5 Å². The molecule has 1 aromatic carbocycles. The van der Waals surface area contributed by atoms with Gasteiger partial charge >= 0.3 is 5.97 Å². The van der Waals surface area contributed by atoms with Gasteiger partial charge in [0.2, 0.25) is 0 Å². The Labute approximate surface area is 150 Å². The SMILES string of the molecule is O=C(COC(=O)CSCc1ccccc1Cl)N[C@H]1CCS(=O)(=O)C1. The molecule has 1 aliphatic rings. The molecule has 1 amide bonds. The second-order valence-electron chi connectivity index (χ2n) is 5.41. The molecular formula is C15H18ClNO5S2. The largest absolute Gasteiger partial charge is 0.455 e. The van der Waals surface area contributed by atoms with Gasteiger partial charge in [0, 0.05) is 16.8 Å². The summed E-state index contributed by atoms with van der Waals surface area (Å²) in [7, 11) is -3.05. The first kappa shape index (κ1) is 19.1. The standard InChI is InChI=1S/C15H18ClNO5S2/c16-13-4-2-1-3-11(13)8-23-9-15(19)22-7-14(18)17-12-5-6-24(20,21)10-12/h1-4,12H,5-10H2,(H,17,18)/t12-/m0/s1. The second kappa shape index (κ2) is 8.73. The molecule has 1 aliphatic heterocycles. The number of hydrogen-bond acceptors (Lipinski definition) is 6. The summed E-state index contributed by atoms with van der Waals surface area (Å²) in [5.41, 5.74) is 0.928. The molecule has 0 aromatic heterocycles. The van der Waals surface area contributed by atoms with Crippen LogP contribution in [0.5, 0.6) is 0 Å². The van der Waals surface area contributed by atoms with Crippen molar-refractivity contribution in [3.8, 4) is 0 Å². The lowest BCUT2D eigenvalue weighted by Gasteiger charge is -2.11. The zero-order valence-corrected chi connectivity index (χ0v) is 15.3. The summed E-state index contributed by atoms with van der Waals surface area (Å²) >= 11 is 7.36. The minimum atomic E-state index is -3.05. The highest BCUT2D eigenvalue weighted by atomic mass is 35.5. The Morgan fingerprint density at radius 3 is 2.75 bits per heavy atom. The fraction of sp³-hybridized carbons (Fsp3) is 0.467. The van der Waals surface area contributed by atoms with Crippen molar-refractivity contribution in [2.75, 3.05) is 23.9 Å². The number of ether oxygens (including phenoxy) is 1. The summed E-state index contributed by atoms with van der Waals surface area (Å²) in [5.74, 6) is -0.281. The minimum Gasteiger partial charge on any atom is -0.455 e. The van der Waals surface area contributed by atoms with Gasteiger partial charge in [0.15, 0.2) is 16.4 Å². The highest BCUT2D eigenvalue weighted by Crippen LogP contribution is 2.20. The molecule has 0 saturated carbocycles. The van der Waals surface area contributed by atoms with Crippen molar-refractivity contribution in [2.45, 2.75) is 18.2 Å². The lowest BCUT2D eigenvalue weighted by atomic mass is 10.2.